The molecule has 10 nitrogen and oxygen atoms in total. The Morgan fingerprint density at radius 3 is 2.50 bits per heavy atom. The zero-order valence-corrected chi connectivity index (χ0v) is 31.6. The summed E-state index contributed by atoms with van der Waals surface area (Å²) in [5, 5.41) is 0.287. The number of imidazole rings is 1. The summed E-state index contributed by atoms with van der Waals surface area (Å²) in [5.41, 5.74) is 3.08. The first-order valence-corrected chi connectivity index (χ1v) is 21.4. The third-order valence-electron chi connectivity index (χ3n) is 9.30. The molecule has 48 heavy (non-hydrogen) atoms. The molecule has 1 aromatic carbocycles. The zero-order valence-electron chi connectivity index (χ0n) is 29.0. The second-order valence-electron chi connectivity index (χ2n) is 15.6. The third kappa shape index (κ3) is 7.71. The molecule has 0 bridgehead atoms. The number of rotatable bonds is 9. The molecular weight excluding hydrogens is 662 g/mol. The number of amides is 1. The fourth-order valence-corrected chi connectivity index (χ4v) is 11.8. The van der Waals surface area contributed by atoms with Crippen LogP contribution in [0.3, 0.4) is 0 Å². The molecule has 2 aliphatic rings. The minimum absolute atomic E-state index is 0.0484. The van der Waals surface area contributed by atoms with Crippen molar-refractivity contribution in [3.63, 3.8) is 0 Å². The van der Waals surface area contributed by atoms with Gasteiger partial charge in [-0.05, 0) is 93.4 Å². The van der Waals surface area contributed by atoms with Crippen molar-refractivity contribution in [3.8, 4) is 0 Å². The molecule has 6 rings (SSSR count). The Balaban J connectivity index is 1.34. The van der Waals surface area contributed by atoms with E-state index in [9.17, 15) is 4.79 Å². The minimum atomic E-state index is -3.02. The first-order valence-electron chi connectivity index (χ1n) is 16.5. The van der Waals surface area contributed by atoms with Crippen LogP contribution in [0, 0.1) is 0 Å². The molecule has 1 amide bonds. The van der Waals surface area contributed by atoms with Gasteiger partial charge in [0.15, 0.2) is 8.24 Å². The Morgan fingerprint density at radius 2 is 1.83 bits per heavy atom. The molecule has 0 spiro atoms. The van der Waals surface area contributed by atoms with E-state index in [1.807, 2.05) is 61.7 Å². The van der Waals surface area contributed by atoms with E-state index >= 15 is 4.21 Å². The molecular formula is C35H46ClN7O3SSi. The maximum atomic E-state index is 15.1. The van der Waals surface area contributed by atoms with Crippen molar-refractivity contribution in [2.45, 2.75) is 108 Å². The number of ether oxygens (including phenoxy) is 1. The summed E-state index contributed by atoms with van der Waals surface area (Å²) in [6, 6.07) is 13.5. The topological polar surface area (TPSA) is 114 Å². The highest BCUT2D eigenvalue weighted by atomic mass is 35.5. The molecule has 2 saturated carbocycles. The number of hydrogen-bond acceptors (Lipinski definition) is 7. The van der Waals surface area contributed by atoms with Crippen LogP contribution in [0.25, 0.3) is 5.65 Å². The molecule has 2 fully saturated rings. The number of aromatic nitrogens is 4. The van der Waals surface area contributed by atoms with Gasteiger partial charge in [-0.15, -0.1) is 0 Å². The van der Waals surface area contributed by atoms with Crippen molar-refractivity contribution in [2.75, 3.05) is 9.62 Å². The van der Waals surface area contributed by atoms with Crippen LogP contribution in [-0.2, 0) is 21.2 Å². The predicted octanol–water partition coefficient (Wildman–Crippen LogP) is 8.95. The number of nitrogens with one attached hydrogen (secondary N) is 1. The van der Waals surface area contributed by atoms with Gasteiger partial charge in [-0.25, -0.2) is 24.0 Å². The standard InChI is InChI=1S/C35H46ClN7O3SSi/c1-34(2,3)46-33(44)43(21-27-20-42-19-25(23-12-13-23)14-15-31(42)39-27)32-18-30(37-22-38-32)40-47(45,41-48(7,8)35(4,5)6)29-17-28(29)24-10-9-11-26(36)16-24/h9-11,14-16,18-20,22-23,28-29H,12-13,17,21H2,1-8H3,(H,37,38,40,41,45)/t28-,29+,47?/m1/s1. The molecule has 0 saturated heterocycles. The average Bonchev–Trinajstić information content (AvgIpc) is 3.90. The van der Waals surface area contributed by atoms with Crippen molar-refractivity contribution in [1.29, 1.82) is 0 Å². The number of anilines is 2. The van der Waals surface area contributed by atoms with Crippen LogP contribution in [0.15, 0.2) is 65.2 Å². The molecule has 0 radical (unpaired) electrons. The predicted molar refractivity (Wildman–Crippen MR) is 196 cm³/mol. The fraction of sp³-hybridized carbons (Fsp3) is 0.486. The molecule has 4 aromatic rings. The number of benzene rings is 1. The Hall–Kier alpha value is -3.48. The van der Waals surface area contributed by atoms with Crippen LogP contribution in [0.4, 0.5) is 16.4 Å². The fourth-order valence-electron chi connectivity index (χ4n) is 5.47. The molecule has 3 aromatic heterocycles. The van der Waals surface area contributed by atoms with Gasteiger partial charge in [-0.2, -0.15) is 0 Å². The molecule has 3 heterocycles. The number of pyridine rings is 1. The van der Waals surface area contributed by atoms with Crippen molar-refractivity contribution >= 4 is 53.1 Å². The first-order chi connectivity index (χ1) is 22.4. The smallest absolute Gasteiger partial charge is 0.416 e. The lowest BCUT2D eigenvalue weighted by Crippen LogP contribution is -2.38. The highest BCUT2D eigenvalue weighted by Gasteiger charge is 2.49. The number of nitrogens with zero attached hydrogens (tertiary/aromatic N) is 6. The van der Waals surface area contributed by atoms with Crippen LogP contribution in [0.2, 0.25) is 23.2 Å². The van der Waals surface area contributed by atoms with Crippen molar-refractivity contribution in [3.05, 3.63) is 83.0 Å². The second kappa shape index (κ2) is 12.4. The van der Waals surface area contributed by atoms with Crippen LogP contribution in [-0.4, -0.2) is 48.7 Å². The van der Waals surface area contributed by atoms with Crippen LogP contribution in [0.5, 0.6) is 0 Å². The van der Waals surface area contributed by atoms with Gasteiger partial charge >= 0.3 is 6.09 Å². The normalized spacial score (nSPS) is 19.4. The second-order valence-corrected chi connectivity index (χ2v) is 23.3. The van der Waals surface area contributed by atoms with E-state index in [0.29, 0.717) is 34.7 Å². The van der Waals surface area contributed by atoms with Crippen molar-refractivity contribution < 1.29 is 13.7 Å². The van der Waals surface area contributed by atoms with Gasteiger partial charge in [0.2, 0.25) is 0 Å². The van der Waals surface area contributed by atoms with Gasteiger partial charge in [-0.3, -0.25) is 13.7 Å². The first kappa shape index (κ1) is 34.4. The lowest BCUT2D eigenvalue weighted by molar-refractivity contribution is 0.0576. The van der Waals surface area contributed by atoms with Gasteiger partial charge in [0, 0.05) is 29.4 Å². The van der Waals surface area contributed by atoms with Crippen molar-refractivity contribution in [1.82, 2.24) is 19.4 Å². The van der Waals surface area contributed by atoms with Crippen molar-refractivity contribution in [2.24, 2.45) is 4.03 Å². The summed E-state index contributed by atoms with van der Waals surface area (Å²) < 4.78 is 31.3. The molecule has 0 aliphatic heterocycles. The van der Waals surface area contributed by atoms with E-state index in [0.717, 1.165) is 11.2 Å². The summed E-state index contributed by atoms with van der Waals surface area (Å²) in [4.78, 5) is 28.8. The highest BCUT2D eigenvalue weighted by molar-refractivity contribution is 7.96. The number of halogens is 1. The van der Waals surface area contributed by atoms with Gasteiger partial charge < -0.3 is 9.14 Å². The van der Waals surface area contributed by atoms with E-state index in [2.05, 4.69) is 60.8 Å². The monoisotopic (exact) mass is 707 g/mol. The van der Waals surface area contributed by atoms with E-state index in [1.165, 1.54) is 29.6 Å². The maximum Gasteiger partial charge on any atom is 0.416 e. The Morgan fingerprint density at radius 1 is 1.08 bits per heavy atom. The molecule has 13 heteroatoms. The lowest BCUT2D eigenvalue weighted by atomic mass is 10.1. The Labute approximate surface area is 290 Å². The Kier molecular flexibility index (Phi) is 8.91. The van der Waals surface area contributed by atoms with E-state index < -0.39 is 29.8 Å². The van der Waals surface area contributed by atoms with Gasteiger partial charge in [0.25, 0.3) is 0 Å². The average molecular weight is 708 g/mol. The van der Waals surface area contributed by atoms with Crippen LogP contribution in [0.1, 0.15) is 89.5 Å². The summed E-state index contributed by atoms with van der Waals surface area (Å²) >= 11 is 6.32. The summed E-state index contributed by atoms with van der Waals surface area (Å²) in [7, 11) is -5.41. The van der Waals surface area contributed by atoms with Gasteiger partial charge in [0.05, 0.1) is 17.5 Å². The molecule has 1 unspecified atom stereocenters. The summed E-state index contributed by atoms with van der Waals surface area (Å²) in [6.07, 6.45) is 7.98. The SMILES string of the molecule is CC(C)(C)OC(=O)N(Cc1cn2cc(C3CC3)ccc2n1)c1cc(NS(=O)(=N[Si](C)(C)C(C)(C)C)[C@H]2C[C@@H]2c2cccc(Cl)c2)ncn1. The van der Waals surface area contributed by atoms with Crippen LogP contribution >= 0.6 is 11.6 Å². The van der Waals surface area contributed by atoms with E-state index in [4.69, 9.17) is 25.4 Å². The largest absolute Gasteiger partial charge is 0.443 e. The number of carbonyl (C=O) groups excluding carboxylic acids is 1. The minimum Gasteiger partial charge on any atom is -0.443 e. The summed E-state index contributed by atoms with van der Waals surface area (Å²) in [5.74, 6) is 1.28. The molecule has 1 N–H and O–H groups in total. The van der Waals surface area contributed by atoms with Crippen LogP contribution < -0.4 is 9.62 Å². The maximum absolute atomic E-state index is 15.1. The third-order valence-corrected chi connectivity index (χ3v) is 18.0. The van der Waals surface area contributed by atoms with Gasteiger partial charge in [0.1, 0.15) is 39.1 Å². The Bertz CT molecular complexity index is 1970. The molecule has 256 valence electrons. The highest BCUT2D eigenvalue weighted by Crippen LogP contribution is 2.49. The summed E-state index contributed by atoms with van der Waals surface area (Å²) in [6.45, 7) is 16.3. The quantitative estimate of drug-likeness (QED) is 0.174. The van der Waals surface area contributed by atoms with E-state index in [-0.39, 0.29) is 22.8 Å². The number of carbonyl (C=O) groups is 1. The van der Waals surface area contributed by atoms with E-state index in [1.54, 1.807) is 6.07 Å². The zero-order chi connectivity index (χ0) is 34.6. The van der Waals surface area contributed by atoms with Gasteiger partial charge in [-0.1, -0.05) is 50.6 Å². The lowest BCUT2D eigenvalue weighted by Gasteiger charge is -2.33. The molecule has 3 atom stereocenters. The molecule has 2 aliphatic carbocycles. The number of fused-ring (bicyclic) bond motifs is 1. The number of hydrogen-bond donors (Lipinski definition) is 1.